The largest absolute Gasteiger partial charge is 0.316 e. The molecule has 0 amide bonds. The number of halogens is 1. The number of pyridine rings is 1. The Labute approximate surface area is 114 Å². The summed E-state index contributed by atoms with van der Waals surface area (Å²) in [4.78, 5) is 5.54. The smallest absolute Gasteiger partial charge is 0.101 e. The summed E-state index contributed by atoms with van der Waals surface area (Å²) >= 11 is 5.05. The number of nitrogens with zero attached hydrogens (tertiary/aromatic N) is 1. The van der Waals surface area contributed by atoms with E-state index in [9.17, 15) is 0 Å². The Morgan fingerprint density at radius 1 is 1.18 bits per heavy atom. The van der Waals surface area contributed by atoms with Crippen molar-refractivity contribution in [2.45, 2.75) is 16.5 Å². The second-order valence-corrected chi connectivity index (χ2v) is 5.60. The molecule has 0 saturated heterocycles. The molecule has 1 heterocycles. The molecule has 1 aromatic heterocycles. The minimum atomic E-state index is 0.904. The van der Waals surface area contributed by atoms with Gasteiger partial charge >= 0.3 is 0 Å². The highest BCUT2D eigenvalue weighted by atomic mass is 79.9. The zero-order chi connectivity index (χ0) is 12.1. The van der Waals surface area contributed by atoms with Crippen molar-refractivity contribution in [2.24, 2.45) is 0 Å². The molecule has 0 unspecified atom stereocenters. The summed E-state index contributed by atoms with van der Waals surface area (Å²) in [6.45, 7) is 0.904. The van der Waals surface area contributed by atoms with E-state index in [2.05, 4.69) is 50.5 Å². The molecule has 0 atom stereocenters. The molecule has 1 N–H and O–H groups in total. The van der Waals surface area contributed by atoms with Crippen molar-refractivity contribution in [3.05, 3.63) is 52.6 Å². The lowest BCUT2D eigenvalue weighted by atomic mass is 10.2. The molecule has 17 heavy (non-hydrogen) atoms. The summed E-state index contributed by atoms with van der Waals surface area (Å²) in [6.07, 6.45) is 1.82. The third kappa shape index (κ3) is 3.84. The quantitative estimate of drug-likeness (QED) is 0.932. The molecule has 0 aliphatic carbocycles. The van der Waals surface area contributed by atoms with Gasteiger partial charge in [-0.15, -0.1) is 0 Å². The van der Waals surface area contributed by atoms with Crippen molar-refractivity contribution in [1.82, 2.24) is 10.3 Å². The molecule has 1 aromatic carbocycles. The summed E-state index contributed by atoms with van der Waals surface area (Å²) in [6, 6.07) is 12.5. The Morgan fingerprint density at radius 3 is 2.53 bits per heavy atom. The van der Waals surface area contributed by atoms with Gasteiger partial charge in [0.05, 0.1) is 0 Å². The van der Waals surface area contributed by atoms with Crippen LogP contribution in [-0.4, -0.2) is 12.0 Å². The van der Waals surface area contributed by atoms with Crippen LogP contribution in [-0.2, 0) is 6.54 Å². The van der Waals surface area contributed by atoms with Gasteiger partial charge in [0.1, 0.15) is 5.03 Å². The summed E-state index contributed by atoms with van der Waals surface area (Å²) in [7, 11) is 1.95. The van der Waals surface area contributed by atoms with Crippen molar-refractivity contribution >= 4 is 27.7 Å². The minimum absolute atomic E-state index is 0.904. The van der Waals surface area contributed by atoms with Crippen LogP contribution in [0.3, 0.4) is 0 Å². The van der Waals surface area contributed by atoms with Gasteiger partial charge in [-0.25, -0.2) is 4.98 Å². The summed E-state index contributed by atoms with van der Waals surface area (Å²) in [5.74, 6) is 0. The van der Waals surface area contributed by atoms with Crippen LogP contribution in [0.25, 0.3) is 0 Å². The lowest BCUT2D eigenvalue weighted by molar-refractivity contribution is 0.817. The molecular weight excluding hydrogens is 296 g/mol. The Hall–Kier alpha value is -0.840. The molecule has 0 spiro atoms. The number of hydrogen-bond acceptors (Lipinski definition) is 3. The minimum Gasteiger partial charge on any atom is -0.316 e. The highest BCUT2D eigenvalue weighted by Gasteiger charge is 1.99. The van der Waals surface area contributed by atoms with E-state index in [0.717, 1.165) is 16.0 Å². The normalized spacial score (nSPS) is 10.5. The monoisotopic (exact) mass is 308 g/mol. The highest BCUT2D eigenvalue weighted by molar-refractivity contribution is 9.10. The first-order valence-electron chi connectivity index (χ1n) is 5.31. The fourth-order valence-corrected chi connectivity index (χ4v) is 2.41. The maximum atomic E-state index is 4.34. The predicted molar refractivity (Wildman–Crippen MR) is 75.3 cm³/mol. The fourth-order valence-electron chi connectivity index (χ4n) is 1.42. The molecule has 2 aromatic rings. The van der Waals surface area contributed by atoms with Crippen LogP contribution in [0.4, 0.5) is 0 Å². The van der Waals surface area contributed by atoms with E-state index in [1.54, 1.807) is 11.8 Å². The van der Waals surface area contributed by atoms with Crippen LogP contribution in [0, 0.1) is 0 Å². The van der Waals surface area contributed by atoms with E-state index in [1.807, 2.05) is 25.4 Å². The molecular formula is C13H13BrN2S. The third-order valence-corrected chi connectivity index (χ3v) is 3.65. The van der Waals surface area contributed by atoms with E-state index in [4.69, 9.17) is 0 Å². The van der Waals surface area contributed by atoms with Crippen LogP contribution in [0.15, 0.2) is 57.0 Å². The molecule has 88 valence electrons. The second kappa shape index (κ2) is 6.19. The Balaban J connectivity index is 2.05. The standard InChI is InChI=1S/C13H13BrN2S/c1-15-8-10-2-5-12(6-3-10)17-13-7-4-11(14)9-16-13/h2-7,9,15H,8H2,1H3. The van der Waals surface area contributed by atoms with Crippen LogP contribution in [0.5, 0.6) is 0 Å². The molecule has 4 heteroatoms. The SMILES string of the molecule is CNCc1ccc(Sc2ccc(Br)cn2)cc1. The Kier molecular flexibility index (Phi) is 4.59. The first-order valence-corrected chi connectivity index (χ1v) is 6.92. The maximum absolute atomic E-state index is 4.34. The first-order chi connectivity index (χ1) is 8.28. The highest BCUT2D eigenvalue weighted by Crippen LogP contribution is 2.26. The van der Waals surface area contributed by atoms with Gasteiger partial charge in [0.25, 0.3) is 0 Å². The van der Waals surface area contributed by atoms with Crippen molar-refractivity contribution < 1.29 is 0 Å². The van der Waals surface area contributed by atoms with Crippen molar-refractivity contribution in [3.8, 4) is 0 Å². The van der Waals surface area contributed by atoms with Gasteiger partial charge in [-0.05, 0) is 52.8 Å². The lowest BCUT2D eigenvalue weighted by Crippen LogP contribution is -2.04. The zero-order valence-corrected chi connectivity index (χ0v) is 11.9. The van der Waals surface area contributed by atoms with E-state index in [1.165, 1.54) is 10.5 Å². The van der Waals surface area contributed by atoms with Crippen LogP contribution >= 0.6 is 27.7 Å². The summed E-state index contributed by atoms with van der Waals surface area (Å²) < 4.78 is 1.01. The number of hydrogen-bond donors (Lipinski definition) is 1. The number of nitrogens with one attached hydrogen (secondary N) is 1. The summed E-state index contributed by atoms with van der Waals surface area (Å²) in [5, 5.41) is 4.14. The van der Waals surface area contributed by atoms with Gasteiger partial charge in [-0.3, -0.25) is 0 Å². The summed E-state index contributed by atoms with van der Waals surface area (Å²) in [5.41, 5.74) is 1.29. The van der Waals surface area contributed by atoms with Crippen LogP contribution < -0.4 is 5.32 Å². The topological polar surface area (TPSA) is 24.9 Å². The third-order valence-electron chi connectivity index (χ3n) is 2.23. The molecule has 0 aliphatic rings. The average molecular weight is 309 g/mol. The molecule has 0 saturated carbocycles. The zero-order valence-electron chi connectivity index (χ0n) is 9.48. The molecule has 0 bridgehead atoms. The first kappa shape index (κ1) is 12.6. The van der Waals surface area contributed by atoms with Crippen molar-refractivity contribution in [2.75, 3.05) is 7.05 Å². The number of aromatic nitrogens is 1. The second-order valence-electron chi connectivity index (χ2n) is 3.59. The number of benzene rings is 1. The van der Waals surface area contributed by atoms with Gasteiger partial charge in [-0.1, -0.05) is 23.9 Å². The maximum Gasteiger partial charge on any atom is 0.101 e. The van der Waals surface area contributed by atoms with Crippen LogP contribution in [0.1, 0.15) is 5.56 Å². The molecule has 2 rings (SSSR count). The van der Waals surface area contributed by atoms with Gasteiger partial charge in [0.2, 0.25) is 0 Å². The predicted octanol–water partition coefficient (Wildman–Crippen LogP) is 3.71. The van der Waals surface area contributed by atoms with Gasteiger partial charge in [0.15, 0.2) is 0 Å². The Morgan fingerprint density at radius 2 is 1.94 bits per heavy atom. The van der Waals surface area contributed by atoms with Crippen molar-refractivity contribution in [3.63, 3.8) is 0 Å². The van der Waals surface area contributed by atoms with Gasteiger partial charge < -0.3 is 5.32 Å². The molecule has 0 aliphatic heterocycles. The van der Waals surface area contributed by atoms with Gasteiger partial charge in [0, 0.05) is 22.1 Å². The average Bonchev–Trinajstić information content (AvgIpc) is 2.35. The van der Waals surface area contributed by atoms with Crippen molar-refractivity contribution in [1.29, 1.82) is 0 Å². The van der Waals surface area contributed by atoms with E-state index < -0.39 is 0 Å². The van der Waals surface area contributed by atoms with Crippen LogP contribution in [0.2, 0.25) is 0 Å². The van der Waals surface area contributed by atoms with E-state index in [0.29, 0.717) is 0 Å². The van der Waals surface area contributed by atoms with E-state index >= 15 is 0 Å². The molecule has 0 fully saturated rings. The Bertz CT molecular complexity index is 468. The fraction of sp³-hybridized carbons (Fsp3) is 0.154. The molecule has 0 radical (unpaired) electrons. The number of rotatable bonds is 4. The van der Waals surface area contributed by atoms with Gasteiger partial charge in [-0.2, -0.15) is 0 Å². The van der Waals surface area contributed by atoms with E-state index in [-0.39, 0.29) is 0 Å². The molecule has 2 nitrogen and oxygen atoms in total. The lowest BCUT2D eigenvalue weighted by Gasteiger charge is -2.03.